The van der Waals surface area contributed by atoms with E-state index in [0.717, 1.165) is 17.6 Å². The van der Waals surface area contributed by atoms with Gasteiger partial charge in [-0.05, 0) is 42.9 Å². The van der Waals surface area contributed by atoms with Crippen LogP contribution in [0.5, 0.6) is 0 Å². The fraction of sp³-hybridized carbons (Fsp3) is 0.333. The predicted octanol–water partition coefficient (Wildman–Crippen LogP) is 2.76. The van der Waals surface area contributed by atoms with E-state index in [4.69, 9.17) is 11.6 Å². The molecule has 0 saturated heterocycles. The van der Waals surface area contributed by atoms with Crippen molar-refractivity contribution in [1.29, 1.82) is 0 Å². The van der Waals surface area contributed by atoms with Crippen LogP contribution >= 0.6 is 11.6 Å². The maximum Gasteiger partial charge on any atom is 0.261 e. The van der Waals surface area contributed by atoms with E-state index in [1.807, 2.05) is 16.7 Å². The smallest absolute Gasteiger partial charge is 0.261 e. The number of aryl methyl sites for hydroxylation is 1. The molecular formula is C18H17ClN6O. The molecule has 1 saturated carbocycles. The van der Waals surface area contributed by atoms with Crippen LogP contribution in [0.25, 0.3) is 22.4 Å². The SMILES string of the molecule is Cn1c(=O)c2cc(Cl)ccc2n2cnc(-n3cc(CC4(C)CC4)nn3)c12. The van der Waals surface area contributed by atoms with Crippen molar-refractivity contribution in [2.75, 3.05) is 0 Å². The lowest BCUT2D eigenvalue weighted by Crippen LogP contribution is -2.20. The van der Waals surface area contributed by atoms with Gasteiger partial charge in [0.15, 0.2) is 11.5 Å². The first-order valence-electron chi connectivity index (χ1n) is 8.52. The number of nitrogens with zero attached hydrogens (tertiary/aromatic N) is 6. The van der Waals surface area contributed by atoms with Gasteiger partial charge in [-0.25, -0.2) is 4.98 Å². The lowest BCUT2D eigenvalue weighted by atomic mass is 10.0. The Morgan fingerprint density at radius 1 is 1.31 bits per heavy atom. The van der Waals surface area contributed by atoms with Crippen LogP contribution in [0.2, 0.25) is 5.02 Å². The van der Waals surface area contributed by atoms with E-state index in [1.165, 1.54) is 12.8 Å². The number of halogens is 1. The summed E-state index contributed by atoms with van der Waals surface area (Å²) in [6.07, 6.45) is 6.98. The molecule has 26 heavy (non-hydrogen) atoms. The minimum Gasteiger partial charge on any atom is -0.294 e. The molecule has 0 radical (unpaired) electrons. The Balaban J connectivity index is 1.71. The summed E-state index contributed by atoms with van der Waals surface area (Å²) in [6, 6.07) is 5.28. The molecule has 1 fully saturated rings. The normalized spacial score (nSPS) is 15.8. The molecule has 7 nitrogen and oxygen atoms in total. The van der Waals surface area contributed by atoms with Crippen LogP contribution in [-0.4, -0.2) is 28.9 Å². The van der Waals surface area contributed by atoms with Crippen molar-refractivity contribution in [1.82, 2.24) is 28.9 Å². The Labute approximate surface area is 153 Å². The van der Waals surface area contributed by atoms with Gasteiger partial charge in [-0.1, -0.05) is 23.7 Å². The summed E-state index contributed by atoms with van der Waals surface area (Å²) in [5, 5.41) is 9.61. The zero-order chi connectivity index (χ0) is 18.1. The van der Waals surface area contributed by atoms with Crippen molar-refractivity contribution in [2.45, 2.75) is 26.2 Å². The zero-order valence-electron chi connectivity index (χ0n) is 14.5. The predicted molar refractivity (Wildman–Crippen MR) is 98.9 cm³/mol. The Morgan fingerprint density at radius 2 is 2.12 bits per heavy atom. The fourth-order valence-corrected chi connectivity index (χ4v) is 3.63. The van der Waals surface area contributed by atoms with Crippen LogP contribution in [0.3, 0.4) is 0 Å². The van der Waals surface area contributed by atoms with Gasteiger partial charge in [0, 0.05) is 12.1 Å². The van der Waals surface area contributed by atoms with Gasteiger partial charge in [-0.3, -0.25) is 13.8 Å². The van der Waals surface area contributed by atoms with Crippen LogP contribution in [0.4, 0.5) is 0 Å². The highest BCUT2D eigenvalue weighted by atomic mass is 35.5. The average molecular weight is 369 g/mol. The van der Waals surface area contributed by atoms with Crippen LogP contribution in [-0.2, 0) is 13.5 Å². The first-order chi connectivity index (χ1) is 12.5. The molecule has 0 spiro atoms. The Bertz CT molecular complexity index is 1230. The monoisotopic (exact) mass is 368 g/mol. The van der Waals surface area contributed by atoms with Crippen LogP contribution in [0.15, 0.2) is 35.5 Å². The minimum absolute atomic E-state index is 0.123. The second kappa shape index (κ2) is 5.17. The summed E-state index contributed by atoms with van der Waals surface area (Å²) in [6.45, 7) is 2.26. The lowest BCUT2D eigenvalue weighted by molar-refractivity contribution is 0.560. The van der Waals surface area contributed by atoms with Crippen LogP contribution in [0, 0.1) is 5.41 Å². The fourth-order valence-electron chi connectivity index (χ4n) is 3.46. The summed E-state index contributed by atoms with van der Waals surface area (Å²) in [7, 11) is 1.73. The standard InChI is InChI=1S/C18H17ClN6O/c1-18(5-6-18)8-12-9-25(22-21-12)15-16-23(2)17(26)13-7-11(19)3-4-14(13)24(16)10-20-15/h3-4,7,9-10H,5-6,8H2,1-2H3. The van der Waals surface area contributed by atoms with Gasteiger partial charge < -0.3 is 0 Å². The summed E-state index contributed by atoms with van der Waals surface area (Å²) in [4.78, 5) is 17.3. The molecule has 1 aliphatic carbocycles. The summed E-state index contributed by atoms with van der Waals surface area (Å²) >= 11 is 6.06. The van der Waals surface area contributed by atoms with E-state index in [-0.39, 0.29) is 5.56 Å². The molecule has 132 valence electrons. The van der Waals surface area contributed by atoms with Gasteiger partial charge in [-0.15, -0.1) is 5.10 Å². The van der Waals surface area contributed by atoms with E-state index >= 15 is 0 Å². The van der Waals surface area contributed by atoms with Crippen molar-refractivity contribution in [2.24, 2.45) is 12.5 Å². The van der Waals surface area contributed by atoms with E-state index in [2.05, 4.69) is 22.2 Å². The maximum absolute atomic E-state index is 12.8. The number of benzene rings is 1. The molecule has 3 heterocycles. The van der Waals surface area contributed by atoms with Crippen molar-refractivity contribution >= 4 is 28.2 Å². The molecule has 5 rings (SSSR count). The van der Waals surface area contributed by atoms with Gasteiger partial charge in [0.25, 0.3) is 5.56 Å². The number of aromatic nitrogens is 6. The third-order valence-electron chi connectivity index (χ3n) is 5.26. The second-order valence-electron chi connectivity index (χ2n) is 7.43. The Kier molecular flexibility index (Phi) is 3.10. The molecule has 0 bridgehead atoms. The molecule has 0 N–H and O–H groups in total. The maximum atomic E-state index is 12.8. The summed E-state index contributed by atoms with van der Waals surface area (Å²) in [5.74, 6) is 0.584. The molecule has 0 unspecified atom stereocenters. The van der Waals surface area contributed by atoms with Crippen molar-refractivity contribution in [3.05, 3.63) is 51.8 Å². The van der Waals surface area contributed by atoms with Gasteiger partial charge >= 0.3 is 0 Å². The average Bonchev–Trinajstić information content (AvgIpc) is 3.00. The zero-order valence-corrected chi connectivity index (χ0v) is 15.2. The van der Waals surface area contributed by atoms with Gasteiger partial charge in [-0.2, -0.15) is 4.68 Å². The van der Waals surface area contributed by atoms with Crippen LogP contribution in [0.1, 0.15) is 25.5 Å². The molecule has 0 amide bonds. The van der Waals surface area contributed by atoms with Gasteiger partial charge in [0.2, 0.25) is 0 Å². The molecule has 4 aromatic rings. The third-order valence-corrected chi connectivity index (χ3v) is 5.50. The molecule has 0 atom stereocenters. The first-order valence-corrected chi connectivity index (χ1v) is 8.90. The molecule has 1 aliphatic rings. The van der Waals surface area contributed by atoms with E-state index in [1.54, 1.807) is 34.8 Å². The molecule has 1 aromatic carbocycles. The van der Waals surface area contributed by atoms with E-state index in [9.17, 15) is 4.79 Å². The number of fused-ring (bicyclic) bond motifs is 3. The molecule has 8 heteroatoms. The van der Waals surface area contributed by atoms with Gasteiger partial charge in [0.1, 0.15) is 6.33 Å². The van der Waals surface area contributed by atoms with Crippen molar-refractivity contribution in [3.63, 3.8) is 0 Å². The second-order valence-corrected chi connectivity index (χ2v) is 7.87. The minimum atomic E-state index is -0.123. The van der Waals surface area contributed by atoms with E-state index in [0.29, 0.717) is 27.3 Å². The van der Waals surface area contributed by atoms with Gasteiger partial charge in [0.05, 0.1) is 22.8 Å². The highest BCUT2D eigenvalue weighted by molar-refractivity contribution is 6.31. The number of imidazole rings is 1. The van der Waals surface area contributed by atoms with Crippen molar-refractivity contribution in [3.8, 4) is 5.82 Å². The Hall–Kier alpha value is -2.67. The number of rotatable bonds is 3. The van der Waals surface area contributed by atoms with E-state index < -0.39 is 0 Å². The third kappa shape index (κ3) is 2.27. The highest BCUT2D eigenvalue weighted by Crippen LogP contribution is 2.47. The highest BCUT2D eigenvalue weighted by Gasteiger charge is 2.38. The number of hydrogen-bond donors (Lipinski definition) is 0. The van der Waals surface area contributed by atoms with Crippen LogP contribution < -0.4 is 5.56 Å². The molecule has 3 aromatic heterocycles. The van der Waals surface area contributed by atoms with Crippen molar-refractivity contribution < 1.29 is 0 Å². The first kappa shape index (κ1) is 15.6. The quantitative estimate of drug-likeness (QED) is 0.557. The Morgan fingerprint density at radius 3 is 2.88 bits per heavy atom. The summed E-state index contributed by atoms with van der Waals surface area (Å²) < 4.78 is 5.11. The summed E-state index contributed by atoms with van der Waals surface area (Å²) in [5.41, 5.74) is 2.61. The molecular weight excluding hydrogens is 352 g/mol. The topological polar surface area (TPSA) is 70.0 Å². The molecule has 0 aliphatic heterocycles. The largest absolute Gasteiger partial charge is 0.294 e. The lowest BCUT2D eigenvalue weighted by Gasteiger charge is -2.08. The number of hydrogen-bond acceptors (Lipinski definition) is 4.